The summed E-state index contributed by atoms with van der Waals surface area (Å²) in [7, 11) is 0. The number of amides is 4. The zero-order valence-electron chi connectivity index (χ0n) is 22.7. The second-order valence-corrected chi connectivity index (χ2v) is 11.2. The molecule has 2 fully saturated rings. The van der Waals surface area contributed by atoms with Gasteiger partial charge < -0.3 is 36.8 Å². The number of hydrogen-bond donors (Lipinski definition) is 5. The Morgan fingerprint density at radius 3 is 2.40 bits per heavy atom. The number of nitrogens with two attached hydrogens (primary N) is 1. The average molecular weight is 572 g/mol. The number of urea groups is 1. The smallest absolute Gasteiger partial charge is 0.319 e. The lowest BCUT2D eigenvalue weighted by atomic mass is 10.2. The molecule has 0 bridgehead atoms. The van der Waals surface area contributed by atoms with Gasteiger partial charge in [0.05, 0.1) is 0 Å². The standard InChI is InChI=1S/C28H38FN7O3S/c1-2-36-26(38)23(40-27(36)24(30)25(37)33-17-19-5-7-20(29)8-6-19)18-32-21-9-11-22(12-10-21)34-28(39)31-13-16-35-14-3-4-15-35/h5-12,23-24,27,32H,2-4,13-18,30H2,1H3,(H,33,37)(H2,31,34,39)/t23-,24-,27?/m1/s1. The van der Waals surface area contributed by atoms with Crippen LogP contribution in [0.15, 0.2) is 48.5 Å². The SMILES string of the molecule is CCN1C(=O)[C@@H](CNc2ccc(NC(=O)NCCN3CCCC3)cc2)SC1[C@H](N)C(=O)NCc1ccc(F)cc1. The fraction of sp³-hybridized carbons (Fsp3) is 0.464. The first-order valence-electron chi connectivity index (χ1n) is 13.7. The van der Waals surface area contributed by atoms with Gasteiger partial charge in [-0.15, -0.1) is 11.8 Å². The van der Waals surface area contributed by atoms with Gasteiger partial charge in [0.2, 0.25) is 11.8 Å². The van der Waals surface area contributed by atoms with Crippen molar-refractivity contribution >= 4 is 41.0 Å². The maximum atomic E-state index is 13.1. The Morgan fingerprint density at radius 1 is 1.05 bits per heavy atom. The van der Waals surface area contributed by atoms with Crippen LogP contribution in [0.3, 0.4) is 0 Å². The minimum absolute atomic E-state index is 0.0735. The molecule has 0 aliphatic carbocycles. The number of thioether (sulfide) groups is 1. The van der Waals surface area contributed by atoms with Crippen LogP contribution in [-0.4, -0.2) is 83.6 Å². The minimum Gasteiger partial charge on any atom is -0.383 e. The normalized spacial score (nSPS) is 19.9. The third-order valence-electron chi connectivity index (χ3n) is 7.05. The Labute approximate surface area is 238 Å². The first kappa shape index (κ1) is 29.6. The summed E-state index contributed by atoms with van der Waals surface area (Å²) in [6.07, 6.45) is 2.45. The molecule has 2 aromatic carbocycles. The molecular weight excluding hydrogens is 533 g/mol. The van der Waals surface area contributed by atoms with Crippen molar-refractivity contribution in [2.45, 2.75) is 43.0 Å². The number of benzene rings is 2. The van der Waals surface area contributed by atoms with E-state index in [0.717, 1.165) is 30.9 Å². The number of rotatable bonds is 12. The van der Waals surface area contributed by atoms with Crippen LogP contribution in [0.4, 0.5) is 20.6 Å². The molecule has 2 saturated heterocycles. The summed E-state index contributed by atoms with van der Waals surface area (Å²) in [5.74, 6) is -0.787. The molecule has 4 amide bonds. The van der Waals surface area contributed by atoms with Gasteiger partial charge in [-0.3, -0.25) is 9.59 Å². The van der Waals surface area contributed by atoms with Gasteiger partial charge in [-0.25, -0.2) is 9.18 Å². The Kier molecular flexibility index (Phi) is 10.6. The van der Waals surface area contributed by atoms with Crippen LogP contribution in [0.25, 0.3) is 0 Å². The highest BCUT2D eigenvalue weighted by Crippen LogP contribution is 2.33. The van der Waals surface area contributed by atoms with E-state index in [0.29, 0.717) is 25.3 Å². The fourth-order valence-corrected chi connectivity index (χ4v) is 6.25. The largest absolute Gasteiger partial charge is 0.383 e. The number of nitrogens with one attached hydrogen (secondary N) is 4. The Balaban J connectivity index is 1.22. The molecule has 3 atom stereocenters. The van der Waals surface area contributed by atoms with Crippen molar-refractivity contribution in [1.82, 2.24) is 20.4 Å². The Morgan fingerprint density at radius 2 is 1.73 bits per heavy atom. The summed E-state index contributed by atoms with van der Waals surface area (Å²) in [5.41, 5.74) is 8.51. The number of carbonyl (C=O) groups excluding carboxylic acids is 3. The van der Waals surface area contributed by atoms with Crippen molar-refractivity contribution in [2.24, 2.45) is 5.73 Å². The summed E-state index contributed by atoms with van der Waals surface area (Å²) < 4.78 is 13.1. The topological polar surface area (TPSA) is 132 Å². The van der Waals surface area contributed by atoms with Crippen LogP contribution in [0.5, 0.6) is 0 Å². The van der Waals surface area contributed by atoms with Gasteiger partial charge in [0.15, 0.2) is 0 Å². The predicted molar refractivity (Wildman–Crippen MR) is 156 cm³/mol. The van der Waals surface area contributed by atoms with Crippen molar-refractivity contribution in [3.63, 3.8) is 0 Å². The van der Waals surface area contributed by atoms with E-state index in [-0.39, 0.29) is 30.2 Å². The van der Waals surface area contributed by atoms with Crippen molar-refractivity contribution in [1.29, 1.82) is 0 Å². The Hall–Kier alpha value is -3.35. The molecule has 0 spiro atoms. The highest BCUT2D eigenvalue weighted by Gasteiger charge is 2.44. The zero-order valence-corrected chi connectivity index (χ0v) is 23.5. The number of likely N-dealkylation sites (N-methyl/N-ethyl adjacent to an activating group) is 1. The molecule has 216 valence electrons. The number of likely N-dealkylation sites (tertiary alicyclic amines) is 1. The molecule has 12 heteroatoms. The number of halogens is 1. The van der Waals surface area contributed by atoms with Gasteiger partial charge in [0, 0.05) is 44.1 Å². The van der Waals surface area contributed by atoms with E-state index in [1.165, 1.54) is 36.7 Å². The van der Waals surface area contributed by atoms with E-state index >= 15 is 0 Å². The molecule has 2 heterocycles. The lowest BCUT2D eigenvalue weighted by Crippen LogP contribution is -2.52. The van der Waals surface area contributed by atoms with E-state index in [9.17, 15) is 18.8 Å². The first-order chi connectivity index (χ1) is 19.3. The van der Waals surface area contributed by atoms with E-state index < -0.39 is 16.7 Å². The van der Waals surface area contributed by atoms with E-state index in [4.69, 9.17) is 5.73 Å². The van der Waals surface area contributed by atoms with E-state index in [1.807, 2.05) is 19.1 Å². The average Bonchev–Trinajstić information content (AvgIpc) is 3.59. The monoisotopic (exact) mass is 571 g/mol. The summed E-state index contributed by atoms with van der Waals surface area (Å²) >= 11 is 1.37. The van der Waals surface area contributed by atoms with Crippen molar-refractivity contribution in [2.75, 3.05) is 49.9 Å². The van der Waals surface area contributed by atoms with Gasteiger partial charge in [-0.05, 0) is 74.8 Å². The quantitative estimate of drug-likeness (QED) is 0.264. The first-order valence-corrected chi connectivity index (χ1v) is 14.6. The zero-order chi connectivity index (χ0) is 28.5. The number of carbonyl (C=O) groups is 3. The predicted octanol–water partition coefficient (Wildman–Crippen LogP) is 2.39. The van der Waals surface area contributed by atoms with Gasteiger partial charge >= 0.3 is 6.03 Å². The molecule has 0 aromatic heterocycles. The second-order valence-electron chi connectivity index (χ2n) is 9.90. The summed E-state index contributed by atoms with van der Waals surface area (Å²) in [4.78, 5) is 41.9. The molecule has 2 aliphatic rings. The van der Waals surface area contributed by atoms with Gasteiger partial charge in [0.25, 0.3) is 0 Å². The maximum Gasteiger partial charge on any atom is 0.319 e. The highest BCUT2D eigenvalue weighted by atomic mass is 32.2. The van der Waals surface area contributed by atoms with Crippen LogP contribution in [0, 0.1) is 5.82 Å². The molecule has 40 heavy (non-hydrogen) atoms. The van der Waals surface area contributed by atoms with Crippen molar-refractivity contribution in [3.05, 3.63) is 59.9 Å². The molecule has 1 unspecified atom stereocenters. The van der Waals surface area contributed by atoms with Gasteiger partial charge in [-0.2, -0.15) is 0 Å². The molecule has 0 saturated carbocycles. The fourth-order valence-electron chi connectivity index (χ4n) is 4.79. The van der Waals surface area contributed by atoms with E-state index in [1.54, 1.807) is 29.2 Å². The van der Waals surface area contributed by atoms with E-state index in [2.05, 4.69) is 26.2 Å². The second kappa shape index (κ2) is 14.3. The molecular formula is C28H38FN7O3S. The Bertz CT molecular complexity index is 1150. The highest BCUT2D eigenvalue weighted by molar-refractivity contribution is 8.01. The lowest BCUT2D eigenvalue weighted by Gasteiger charge is -2.26. The minimum atomic E-state index is -0.911. The van der Waals surface area contributed by atoms with Crippen molar-refractivity contribution in [3.8, 4) is 0 Å². The van der Waals surface area contributed by atoms with Crippen LogP contribution in [-0.2, 0) is 16.1 Å². The van der Waals surface area contributed by atoms with Crippen LogP contribution < -0.4 is 27.0 Å². The summed E-state index contributed by atoms with van der Waals surface area (Å²) in [6.45, 7) is 6.54. The molecule has 10 nitrogen and oxygen atoms in total. The molecule has 2 aromatic rings. The number of nitrogens with zero attached hydrogens (tertiary/aromatic N) is 2. The van der Waals surface area contributed by atoms with Crippen LogP contribution in [0.1, 0.15) is 25.3 Å². The molecule has 2 aliphatic heterocycles. The van der Waals surface area contributed by atoms with Crippen LogP contribution >= 0.6 is 11.8 Å². The third-order valence-corrected chi connectivity index (χ3v) is 8.57. The van der Waals surface area contributed by atoms with Gasteiger partial charge in [0.1, 0.15) is 22.5 Å². The number of anilines is 2. The molecule has 6 N–H and O–H groups in total. The van der Waals surface area contributed by atoms with Crippen LogP contribution in [0.2, 0.25) is 0 Å². The molecule has 0 radical (unpaired) electrons. The molecule has 4 rings (SSSR count). The van der Waals surface area contributed by atoms with Gasteiger partial charge in [-0.1, -0.05) is 12.1 Å². The summed E-state index contributed by atoms with van der Waals surface area (Å²) in [5, 5.41) is 10.9. The third kappa shape index (κ3) is 8.09. The maximum absolute atomic E-state index is 13.1. The summed E-state index contributed by atoms with van der Waals surface area (Å²) in [6, 6.07) is 12.0. The number of hydrogen-bond acceptors (Lipinski definition) is 7. The lowest BCUT2D eigenvalue weighted by molar-refractivity contribution is -0.131. The van der Waals surface area contributed by atoms with Crippen molar-refractivity contribution < 1.29 is 18.8 Å².